The maximum Gasteiger partial charge on any atom is 0.124 e. The molecule has 92 valence electrons. The van der Waals surface area contributed by atoms with Crippen LogP contribution >= 0.6 is 11.6 Å². The number of nitrogens with one attached hydrogen (secondary N) is 1. The minimum atomic E-state index is 0.273. The van der Waals surface area contributed by atoms with E-state index < -0.39 is 0 Å². The van der Waals surface area contributed by atoms with Gasteiger partial charge < -0.3 is 10.1 Å². The van der Waals surface area contributed by atoms with E-state index in [1.165, 1.54) is 11.1 Å². The van der Waals surface area contributed by atoms with E-state index >= 15 is 0 Å². The fraction of sp³-hybridized carbons (Fsp3) is 0.200. The van der Waals surface area contributed by atoms with Gasteiger partial charge in [0.15, 0.2) is 0 Å². The molecule has 0 radical (unpaired) electrons. The molecule has 1 aliphatic rings. The first-order valence-corrected chi connectivity index (χ1v) is 6.33. The molecule has 0 saturated heterocycles. The molecule has 1 heterocycles. The number of fused-ring (bicyclic) bond motifs is 1. The van der Waals surface area contributed by atoms with Crippen LogP contribution in [0.4, 0.5) is 5.69 Å². The van der Waals surface area contributed by atoms with Crippen molar-refractivity contribution >= 4 is 17.3 Å². The van der Waals surface area contributed by atoms with Crippen molar-refractivity contribution in [2.75, 3.05) is 12.4 Å². The van der Waals surface area contributed by atoms with Crippen molar-refractivity contribution in [2.24, 2.45) is 0 Å². The monoisotopic (exact) mass is 259 g/mol. The molecule has 0 fully saturated rings. The van der Waals surface area contributed by atoms with E-state index in [1.54, 1.807) is 7.11 Å². The maximum absolute atomic E-state index is 6.04. The molecule has 2 aromatic rings. The van der Waals surface area contributed by atoms with Crippen LogP contribution in [-0.2, 0) is 6.42 Å². The summed E-state index contributed by atoms with van der Waals surface area (Å²) < 4.78 is 5.40. The highest BCUT2D eigenvalue weighted by Crippen LogP contribution is 2.39. The van der Waals surface area contributed by atoms with Gasteiger partial charge in [-0.05, 0) is 29.8 Å². The first kappa shape index (κ1) is 11.4. The minimum absolute atomic E-state index is 0.273. The van der Waals surface area contributed by atoms with Gasteiger partial charge in [-0.15, -0.1) is 0 Å². The molecule has 3 heteroatoms. The lowest BCUT2D eigenvalue weighted by Gasteiger charge is -2.11. The smallest absolute Gasteiger partial charge is 0.124 e. The van der Waals surface area contributed by atoms with Gasteiger partial charge >= 0.3 is 0 Å². The first-order valence-electron chi connectivity index (χ1n) is 5.96. The quantitative estimate of drug-likeness (QED) is 0.878. The van der Waals surface area contributed by atoms with E-state index in [9.17, 15) is 0 Å². The van der Waals surface area contributed by atoms with Gasteiger partial charge in [0.2, 0.25) is 0 Å². The zero-order chi connectivity index (χ0) is 12.5. The van der Waals surface area contributed by atoms with Crippen molar-refractivity contribution in [3.63, 3.8) is 0 Å². The minimum Gasteiger partial charge on any atom is -0.496 e. The second kappa shape index (κ2) is 4.54. The highest BCUT2D eigenvalue weighted by Gasteiger charge is 2.24. The molecule has 0 aliphatic carbocycles. The third-order valence-corrected chi connectivity index (χ3v) is 3.58. The Morgan fingerprint density at radius 1 is 1.22 bits per heavy atom. The van der Waals surface area contributed by atoms with Gasteiger partial charge in [0, 0.05) is 22.7 Å². The average Bonchev–Trinajstić information content (AvgIpc) is 2.82. The van der Waals surface area contributed by atoms with Crippen LogP contribution in [0.25, 0.3) is 0 Å². The number of ether oxygens (including phenoxy) is 1. The van der Waals surface area contributed by atoms with Crippen LogP contribution in [0, 0.1) is 0 Å². The fourth-order valence-corrected chi connectivity index (χ4v) is 2.67. The summed E-state index contributed by atoms with van der Waals surface area (Å²) in [7, 11) is 1.71. The Bertz CT molecular complexity index is 582. The van der Waals surface area contributed by atoms with Crippen molar-refractivity contribution < 1.29 is 4.74 Å². The molecule has 3 rings (SSSR count). The third-order valence-electron chi connectivity index (χ3n) is 3.34. The molecule has 1 aliphatic heterocycles. The summed E-state index contributed by atoms with van der Waals surface area (Å²) in [6.07, 6.45) is 0.930. The second-order valence-corrected chi connectivity index (χ2v) is 4.88. The maximum atomic E-state index is 6.04. The highest BCUT2D eigenvalue weighted by atomic mass is 35.5. The second-order valence-electron chi connectivity index (χ2n) is 4.44. The largest absolute Gasteiger partial charge is 0.496 e. The van der Waals surface area contributed by atoms with Gasteiger partial charge in [0.05, 0.1) is 13.2 Å². The molecule has 0 saturated carbocycles. The molecule has 2 nitrogen and oxygen atoms in total. The van der Waals surface area contributed by atoms with Crippen molar-refractivity contribution in [1.29, 1.82) is 0 Å². The summed E-state index contributed by atoms with van der Waals surface area (Å²) in [5, 5.41) is 4.29. The summed E-state index contributed by atoms with van der Waals surface area (Å²) in [4.78, 5) is 0. The molecule has 1 unspecified atom stereocenters. The van der Waals surface area contributed by atoms with E-state index in [0.29, 0.717) is 0 Å². The Kier molecular flexibility index (Phi) is 2.88. The molecule has 18 heavy (non-hydrogen) atoms. The number of rotatable bonds is 2. The Labute approximate surface area is 112 Å². The molecular formula is C15H14ClNO. The third kappa shape index (κ3) is 1.93. The molecule has 0 aromatic heterocycles. The normalized spacial score (nSPS) is 17.1. The van der Waals surface area contributed by atoms with Gasteiger partial charge in [0.1, 0.15) is 5.75 Å². The standard InChI is InChI=1S/C15H14ClNO/c1-18-15-7-3-6-13-12(15)9-14(17-13)10-4-2-5-11(16)8-10/h2-8,14,17H,9H2,1H3. The van der Waals surface area contributed by atoms with Crippen LogP contribution in [-0.4, -0.2) is 7.11 Å². The summed E-state index contributed by atoms with van der Waals surface area (Å²) >= 11 is 6.04. The number of benzene rings is 2. The summed E-state index contributed by atoms with van der Waals surface area (Å²) in [5.74, 6) is 0.949. The highest BCUT2D eigenvalue weighted by molar-refractivity contribution is 6.30. The van der Waals surface area contributed by atoms with E-state index in [4.69, 9.17) is 16.3 Å². The lowest BCUT2D eigenvalue weighted by Crippen LogP contribution is -2.05. The molecular weight excluding hydrogens is 246 g/mol. The predicted molar refractivity (Wildman–Crippen MR) is 74.5 cm³/mol. The lowest BCUT2D eigenvalue weighted by atomic mass is 10.0. The zero-order valence-corrected chi connectivity index (χ0v) is 10.9. The molecule has 1 atom stereocenters. The number of halogens is 1. The molecule has 0 amide bonds. The molecule has 0 bridgehead atoms. The number of hydrogen-bond donors (Lipinski definition) is 1. The summed E-state index contributed by atoms with van der Waals surface area (Å²) in [6.45, 7) is 0. The molecule has 1 N–H and O–H groups in total. The fourth-order valence-electron chi connectivity index (χ4n) is 2.47. The Morgan fingerprint density at radius 2 is 2.06 bits per heavy atom. The van der Waals surface area contributed by atoms with Crippen molar-refractivity contribution in [3.8, 4) is 5.75 Å². The zero-order valence-electron chi connectivity index (χ0n) is 10.1. The molecule has 0 spiro atoms. The van der Waals surface area contributed by atoms with E-state index in [1.807, 2.05) is 30.3 Å². The van der Waals surface area contributed by atoms with Crippen LogP contribution in [0.3, 0.4) is 0 Å². The van der Waals surface area contributed by atoms with Crippen molar-refractivity contribution in [2.45, 2.75) is 12.5 Å². The number of methoxy groups -OCH3 is 1. The van der Waals surface area contributed by atoms with E-state index in [2.05, 4.69) is 17.4 Å². The van der Waals surface area contributed by atoms with Gasteiger partial charge in [-0.1, -0.05) is 29.8 Å². The van der Waals surface area contributed by atoms with Gasteiger partial charge in [0.25, 0.3) is 0 Å². The van der Waals surface area contributed by atoms with E-state index in [0.717, 1.165) is 22.9 Å². The number of anilines is 1. The Balaban J connectivity index is 1.93. The van der Waals surface area contributed by atoms with Crippen LogP contribution in [0.2, 0.25) is 5.02 Å². The van der Waals surface area contributed by atoms with Gasteiger partial charge in [-0.25, -0.2) is 0 Å². The molecule has 2 aromatic carbocycles. The van der Waals surface area contributed by atoms with Gasteiger partial charge in [-0.3, -0.25) is 0 Å². The lowest BCUT2D eigenvalue weighted by molar-refractivity contribution is 0.410. The van der Waals surface area contributed by atoms with E-state index in [-0.39, 0.29) is 6.04 Å². The number of hydrogen-bond acceptors (Lipinski definition) is 2. The van der Waals surface area contributed by atoms with Gasteiger partial charge in [-0.2, -0.15) is 0 Å². The van der Waals surface area contributed by atoms with Crippen LogP contribution in [0.15, 0.2) is 42.5 Å². The van der Waals surface area contributed by atoms with Crippen molar-refractivity contribution in [3.05, 3.63) is 58.6 Å². The Morgan fingerprint density at radius 3 is 2.83 bits per heavy atom. The van der Waals surface area contributed by atoms with Crippen LogP contribution < -0.4 is 10.1 Å². The Hall–Kier alpha value is -1.67. The average molecular weight is 260 g/mol. The van der Waals surface area contributed by atoms with Crippen LogP contribution in [0.1, 0.15) is 17.2 Å². The topological polar surface area (TPSA) is 21.3 Å². The summed E-state index contributed by atoms with van der Waals surface area (Å²) in [6, 6.07) is 14.4. The first-order chi connectivity index (χ1) is 8.78. The predicted octanol–water partition coefficient (Wildman–Crippen LogP) is 4.06. The SMILES string of the molecule is COc1cccc2c1CC(c1cccc(Cl)c1)N2. The van der Waals surface area contributed by atoms with Crippen molar-refractivity contribution in [1.82, 2.24) is 0 Å². The summed E-state index contributed by atoms with van der Waals surface area (Å²) in [5.41, 5.74) is 3.60. The van der Waals surface area contributed by atoms with Crippen LogP contribution in [0.5, 0.6) is 5.75 Å².